The maximum absolute atomic E-state index is 12.2. The number of rotatable bonds is 5. The fourth-order valence-corrected chi connectivity index (χ4v) is 2.29. The second-order valence-electron chi connectivity index (χ2n) is 4.73. The molecule has 0 unspecified atom stereocenters. The van der Waals surface area contributed by atoms with Crippen molar-refractivity contribution in [1.82, 2.24) is 0 Å². The summed E-state index contributed by atoms with van der Waals surface area (Å²) in [5.74, 6) is 0.796. The molecule has 0 atom stereocenters. The fourth-order valence-electron chi connectivity index (χ4n) is 2.06. The standard InChI is InChI=1S/C15H21BrO/c1-5-12(6-2)9-14(17)13-7-10(3)15(16)11(4)8-13/h7-8,12H,5-6,9H2,1-4H3. The average Bonchev–Trinajstić information content (AvgIpc) is 2.31. The first-order valence-electron chi connectivity index (χ1n) is 6.29. The van der Waals surface area contributed by atoms with E-state index in [0.717, 1.165) is 34.0 Å². The zero-order chi connectivity index (χ0) is 13.0. The van der Waals surface area contributed by atoms with Crippen molar-refractivity contribution in [2.24, 2.45) is 5.92 Å². The molecule has 1 aromatic carbocycles. The molecule has 0 aliphatic rings. The summed E-state index contributed by atoms with van der Waals surface area (Å²) in [5, 5.41) is 0. The highest BCUT2D eigenvalue weighted by Gasteiger charge is 2.14. The molecule has 0 radical (unpaired) electrons. The molecular formula is C15H21BrO. The average molecular weight is 297 g/mol. The zero-order valence-corrected chi connectivity index (χ0v) is 12.7. The molecule has 0 saturated carbocycles. The highest BCUT2D eigenvalue weighted by Crippen LogP contribution is 2.24. The Hall–Kier alpha value is -0.630. The van der Waals surface area contributed by atoms with Crippen LogP contribution in [0.15, 0.2) is 16.6 Å². The third-order valence-electron chi connectivity index (χ3n) is 3.39. The largest absolute Gasteiger partial charge is 0.294 e. The SMILES string of the molecule is CCC(CC)CC(=O)c1cc(C)c(Br)c(C)c1. The Balaban J connectivity index is 2.90. The zero-order valence-electron chi connectivity index (χ0n) is 11.1. The van der Waals surface area contributed by atoms with Gasteiger partial charge >= 0.3 is 0 Å². The summed E-state index contributed by atoms with van der Waals surface area (Å²) in [5.41, 5.74) is 3.13. The van der Waals surface area contributed by atoms with E-state index in [4.69, 9.17) is 0 Å². The van der Waals surface area contributed by atoms with Gasteiger partial charge in [0.05, 0.1) is 0 Å². The summed E-state index contributed by atoms with van der Waals surface area (Å²) < 4.78 is 1.11. The molecule has 0 aliphatic heterocycles. The number of carbonyl (C=O) groups excluding carboxylic acids is 1. The number of benzene rings is 1. The van der Waals surface area contributed by atoms with E-state index in [1.54, 1.807) is 0 Å². The van der Waals surface area contributed by atoms with Crippen LogP contribution in [0.3, 0.4) is 0 Å². The third-order valence-corrected chi connectivity index (χ3v) is 4.64. The second kappa shape index (κ2) is 6.34. The number of halogens is 1. The summed E-state index contributed by atoms with van der Waals surface area (Å²) in [6.45, 7) is 8.37. The van der Waals surface area contributed by atoms with Gasteiger partial charge in [-0.05, 0) is 43.0 Å². The van der Waals surface area contributed by atoms with Gasteiger partial charge in [-0.15, -0.1) is 0 Å². The van der Waals surface area contributed by atoms with Gasteiger partial charge in [-0.25, -0.2) is 0 Å². The molecule has 17 heavy (non-hydrogen) atoms. The van der Waals surface area contributed by atoms with Crippen molar-refractivity contribution in [2.45, 2.75) is 47.0 Å². The van der Waals surface area contributed by atoms with Crippen molar-refractivity contribution < 1.29 is 4.79 Å². The smallest absolute Gasteiger partial charge is 0.163 e. The van der Waals surface area contributed by atoms with Gasteiger partial charge < -0.3 is 0 Å². The van der Waals surface area contributed by atoms with Crippen LogP contribution in [0.2, 0.25) is 0 Å². The molecule has 0 aromatic heterocycles. The van der Waals surface area contributed by atoms with Gasteiger partial charge in [-0.1, -0.05) is 42.6 Å². The lowest BCUT2D eigenvalue weighted by molar-refractivity contribution is 0.0958. The van der Waals surface area contributed by atoms with Crippen LogP contribution in [-0.2, 0) is 0 Å². The van der Waals surface area contributed by atoms with E-state index in [2.05, 4.69) is 29.8 Å². The van der Waals surface area contributed by atoms with Crippen molar-refractivity contribution >= 4 is 21.7 Å². The van der Waals surface area contributed by atoms with Crippen LogP contribution in [0.4, 0.5) is 0 Å². The first-order valence-corrected chi connectivity index (χ1v) is 7.08. The molecule has 1 nitrogen and oxygen atoms in total. The Labute approximate surface area is 113 Å². The predicted octanol–water partition coefficient (Wildman–Crippen LogP) is 5.07. The van der Waals surface area contributed by atoms with Crippen LogP contribution in [-0.4, -0.2) is 5.78 Å². The van der Waals surface area contributed by atoms with Crippen molar-refractivity contribution in [3.8, 4) is 0 Å². The van der Waals surface area contributed by atoms with Gasteiger partial charge in [0.1, 0.15) is 0 Å². The Morgan fingerprint density at radius 2 is 1.65 bits per heavy atom. The van der Waals surface area contributed by atoms with Crippen LogP contribution in [0.25, 0.3) is 0 Å². The molecule has 1 rings (SSSR count). The number of hydrogen-bond acceptors (Lipinski definition) is 1. The normalized spacial score (nSPS) is 10.9. The van der Waals surface area contributed by atoms with Crippen molar-refractivity contribution in [3.63, 3.8) is 0 Å². The number of carbonyl (C=O) groups is 1. The van der Waals surface area contributed by atoms with Gasteiger partial charge in [0.25, 0.3) is 0 Å². The van der Waals surface area contributed by atoms with Crippen LogP contribution >= 0.6 is 15.9 Å². The highest BCUT2D eigenvalue weighted by molar-refractivity contribution is 9.10. The summed E-state index contributed by atoms with van der Waals surface area (Å²) in [6.07, 6.45) is 2.83. The minimum absolute atomic E-state index is 0.275. The van der Waals surface area contributed by atoms with Crippen LogP contribution < -0.4 is 0 Å². The quantitative estimate of drug-likeness (QED) is 0.693. The van der Waals surface area contributed by atoms with Crippen LogP contribution in [0.5, 0.6) is 0 Å². The van der Waals surface area contributed by atoms with Crippen LogP contribution in [0.1, 0.15) is 54.6 Å². The molecule has 94 valence electrons. The summed E-state index contributed by atoms with van der Waals surface area (Å²) >= 11 is 3.53. The monoisotopic (exact) mass is 296 g/mol. The Morgan fingerprint density at radius 1 is 1.18 bits per heavy atom. The Bertz CT molecular complexity index is 382. The molecule has 0 fully saturated rings. The van der Waals surface area contributed by atoms with Crippen molar-refractivity contribution in [2.75, 3.05) is 0 Å². The number of Topliss-reactive ketones (excluding diaryl/α,β-unsaturated/α-hetero) is 1. The molecule has 0 saturated heterocycles. The lowest BCUT2D eigenvalue weighted by Crippen LogP contribution is -2.08. The molecule has 0 aliphatic carbocycles. The van der Waals surface area contributed by atoms with Gasteiger partial charge in [-0.2, -0.15) is 0 Å². The molecule has 1 aromatic rings. The van der Waals surface area contributed by atoms with E-state index in [1.165, 1.54) is 0 Å². The van der Waals surface area contributed by atoms with Gasteiger partial charge in [0, 0.05) is 16.5 Å². The molecule has 0 spiro atoms. The molecule has 0 N–H and O–H groups in total. The summed E-state index contributed by atoms with van der Waals surface area (Å²) in [4.78, 5) is 12.2. The maximum Gasteiger partial charge on any atom is 0.163 e. The topological polar surface area (TPSA) is 17.1 Å². The van der Waals surface area contributed by atoms with Gasteiger partial charge in [0.15, 0.2) is 5.78 Å². The first-order chi connectivity index (χ1) is 7.99. The number of hydrogen-bond donors (Lipinski definition) is 0. The maximum atomic E-state index is 12.2. The van der Waals surface area contributed by atoms with E-state index >= 15 is 0 Å². The highest BCUT2D eigenvalue weighted by atomic mass is 79.9. The minimum atomic E-state index is 0.275. The van der Waals surface area contributed by atoms with E-state index in [1.807, 2.05) is 26.0 Å². The summed E-state index contributed by atoms with van der Waals surface area (Å²) in [7, 11) is 0. The van der Waals surface area contributed by atoms with E-state index in [9.17, 15) is 4.79 Å². The van der Waals surface area contributed by atoms with Crippen LogP contribution in [0, 0.1) is 19.8 Å². The molecule has 0 amide bonds. The number of aryl methyl sites for hydroxylation is 2. The predicted molar refractivity (Wildman–Crippen MR) is 76.6 cm³/mol. The lowest BCUT2D eigenvalue weighted by Gasteiger charge is -2.12. The molecule has 2 heteroatoms. The molecular weight excluding hydrogens is 276 g/mol. The van der Waals surface area contributed by atoms with E-state index in [-0.39, 0.29) is 5.78 Å². The Morgan fingerprint density at radius 3 is 2.06 bits per heavy atom. The van der Waals surface area contributed by atoms with Gasteiger partial charge in [0.2, 0.25) is 0 Å². The first kappa shape index (κ1) is 14.4. The lowest BCUT2D eigenvalue weighted by atomic mass is 9.93. The van der Waals surface area contributed by atoms with Gasteiger partial charge in [-0.3, -0.25) is 4.79 Å². The minimum Gasteiger partial charge on any atom is -0.294 e. The number of ketones is 1. The van der Waals surface area contributed by atoms with E-state index in [0.29, 0.717) is 12.3 Å². The third kappa shape index (κ3) is 3.67. The Kier molecular flexibility index (Phi) is 5.38. The fraction of sp³-hybridized carbons (Fsp3) is 0.533. The molecule has 0 heterocycles. The summed E-state index contributed by atoms with van der Waals surface area (Å²) in [6, 6.07) is 3.98. The molecule has 0 bridgehead atoms. The van der Waals surface area contributed by atoms with E-state index < -0.39 is 0 Å². The van der Waals surface area contributed by atoms with Crippen molar-refractivity contribution in [1.29, 1.82) is 0 Å². The van der Waals surface area contributed by atoms with Crippen molar-refractivity contribution in [3.05, 3.63) is 33.3 Å². The second-order valence-corrected chi connectivity index (χ2v) is 5.53.